The van der Waals surface area contributed by atoms with Gasteiger partial charge in [-0.15, -0.1) is 35.3 Å². The molecule has 6 aliphatic carbocycles. The van der Waals surface area contributed by atoms with Gasteiger partial charge in [0.05, 0.1) is 23.0 Å². The van der Waals surface area contributed by atoms with Crippen molar-refractivity contribution in [1.29, 1.82) is 0 Å². The fourth-order valence-corrected chi connectivity index (χ4v) is 13.6. The molecule has 13 rings (SSSR count). The number of nitrogens with two attached hydrogens (primary N) is 1. The molecular weight excluding hydrogens is 945 g/mol. The van der Waals surface area contributed by atoms with Crippen LogP contribution in [0.5, 0.6) is 0 Å². The minimum atomic E-state index is -0.123. The Morgan fingerprint density at radius 2 is 0.958 bits per heavy atom. The van der Waals surface area contributed by atoms with Gasteiger partial charge in [0.2, 0.25) is 0 Å². The standard InChI is InChI=1S/C23H24N4OS.C20H19N3O2S.C12H17N3S/c1-29-19-13-25-22(26-14-19)10-16-8-15(20-11-21(16)20)9-17-5-6-18(12-24-17)27-7-3-2-4-23(27)28;1-26-12-9-21-18(22-10-12)7-11-6-17(16-8-15(11)16)23-19(24)13-4-2-3-5-14(13)20(23)25;1-16-8-5-14-12(15-6-8)3-7-2-11(13)10-4-9(7)10/h2-7,12-16,20-21H,8-11H2,1H3;2-5,9-11,15-17H,6-8H2,1H3;5-7,9-11H,2-4,13H2,1H3/t15-,16-,20+,21-;11-,15-,16-,17+;7-,9-,10-,11+/m000/s1. The average molecular weight is 1010 g/mol. The van der Waals surface area contributed by atoms with Crippen molar-refractivity contribution in [2.75, 3.05) is 18.8 Å². The van der Waals surface area contributed by atoms with Gasteiger partial charge in [0.1, 0.15) is 17.5 Å². The second kappa shape index (κ2) is 20.7. The fourth-order valence-electron chi connectivity index (χ4n) is 12.6. The molecule has 2 amide bonds. The lowest BCUT2D eigenvalue weighted by molar-refractivity contribution is 0.0564. The number of nitrogens with zero attached hydrogens (tertiary/aromatic N) is 9. The molecule has 7 aliphatic rings. The van der Waals surface area contributed by atoms with Gasteiger partial charge in [-0.3, -0.25) is 28.8 Å². The summed E-state index contributed by atoms with van der Waals surface area (Å²) < 4.78 is 1.63. The highest BCUT2D eigenvalue weighted by Gasteiger charge is 2.59. The molecule has 1 aliphatic heterocycles. The number of benzene rings is 1. The van der Waals surface area contributed by atoms with E-state index in [1.54, 1.807) is 70.3 Å². The summed E-state index contributed by atoms with van der Waals surface area (Å²) in [4.78, 5) is 73.9. The monoisotopic (exact) mass is 1000 g/mol. The maximum atomic E-state index is 12.8. The number of imide groups is 1. The van der Waals surface area contributed by atoms with Crippen molar-refractivity contribution in [2.45, 2.75) is 91.0 Å². The van der Waals surface area contributed by atoms with Crippen LogP contribution in [0.15, 0.2) is 124 Å². The van der Waals surface area contributed by atoms with Gasteiger partial charge in [-0.05, 0) is 153 Å². The topological polar surface area (TPSA) is 176 Å². The molecule has 0 unspecified atom stereocenters. The van der Waals surface area contributed by atoms with E-state index in [0.29, 0.717) is 46.8 Å². The van der Waals surface area contributed by atoms with Crippen LogP contribution in [-0.2, 0) is 25.7 Å². The summed E-state index contributed by atoms with van der Waals surface area (Å²) in [7, 11) is 0. The van der Waals surface area contributed by atoms with Crippen molar-refractivity contribution in [1.82, 2.24) is 44.4 Å². The summed E-state index contributed by atoms with van der Waals surface area (Å²) in [6.07, 6.45) is 32.1. The van der Waals surface area contributed by atoms with E-state index in [9.17, 15) is 14.4 Å². The zero-order valence-corrected chi connectivity index (χ0v) is 42.8. The lowest BCUT2D eigenvalue weighted by Crippen LogP contribution is -2.40. The van der Waals surface area contributed by atoms with E-state index in [2.05, 4.69) is 41.0 Å². The molecule has 6 heterocycles. The maximum absolute atomic E-state index is 12.8. The van der Waals surface area contributed by atoms with E-state index < -0.39 is 0 Å². The van der Waals surface area contributed by atoms with Crippen LogP contribution in [0, 0.1) is 59.2 Å². The number of aromatic nitrogens is 8. The molecular formula is C55H60N10O3S3. The van der Waals surface area contributed by atoms with Gasteiger partial charge in [-0.25, -0.2) is 29.9 Å². The van der Waals surface area contributed by atoms with Crippen LogP contribution >= 0.6 is 35.3 Å². The highest BCUT2D eigenvalue weighted by atomic mass is 32.2. The third-order valence-corrected chi connectivity index (χ3v) is 18.5. The van der Waals surface area contributed by atoms with Gasteiger partial charge in [0.15, 0.2) is 0 Å². The van der Waals surface area contributed by atoms with Crippen molar-refractivity contribution >= 4 is 47.1 Å². The van der Waals surface area contributed by atoms with Crippen molar-refractivity contribution in [3.05, 3.63) is 149 Å². The molecule has 6 aromatic rings. The normalized spacial score (nSPS) is 29.0. The van der Waals surface area contributed by atoms with Crippen LogP contribution in [0.4, 0.5) is 0 Å². The van der Waals surface area contributed by atoms with Gasteiger partial charge in [0, 0.05) is 101 Å². The molecule has 366 valence electrons. The van der Waals surface area contributed by atoms with E-state index in [-0.39, 0.29) is 23.4 Å². The minimum absolute atomic E-state index is 0.0304. The van der Waals surface area contributed by atoms with Crippen molar-refractivity contribution in [2.24, 2.45) is 64.9 Å². The second-order valence-corrected chi connectivity index (χ2v) is 23.2. The van der Waals surface area contributed by atoms with E-state index in [1.165, 1.54) is 30.6 Å². The molecule has 0 radical (unpaired) electrons. The summed E-state index contributed by atoms with van der Waals surface area (Å²) >= 11 is 5.00. The Morgan fingerprint density at radius 1 is 0.493 bits per heavy atom. The first kappa shape index (κ1) is 48.0. The number of fused-ring (bicyclic) bond motifs is 4. The van der Waals surface area contributed by atoms with Gasteiger partial charge in [-0.2, -0.15) is 0 Å². The summed E-state index contributed by atoms with van der Waals surface area (Å²) in [5.41, 5.74) is 9.07. The van der Waals surface area contributed by atoms with E-state index >= 15 is 0 Å². The highest BCUT2D eigenvalue weighted by Crippen LogP contribution is 2.60. The van der Waals surface area contributed by atoms with E-state index in [4.69, 9.17) is 5.73 Å². The largest absolute Gasteiger partial charge is 0.327 e. The molecule has 12 atom stereocenters. The fraction of sp³-hybridized carbons (Fsp3) is 0.455. The number of carbonyl (C=O) groups is 2. The first-order valence-corrected chi connectivity index (χ1v) is 28.7. The molecule has 6 fully saturated rings. The summed E-state index contributed by atoms with van der Waals surface area (Å²) in [6, 6.07) is 16.9. The minimum Gasteiger partial charge on any atom is -0.327 e. The van der Waals surface area contributed by atoms with Crippen LogP contribution in [0.2, 0.25) is 0 Å². The average Bonchev–Trinajstić information content (AvgIpc) is 4.36. The summed E-state index contributed by atoms with van der Waals surface area (Å²) in [5.74, 6) is 9.59. The molecule has 16 heteroatoms. The smallest absolute Gasteiger partial charge is 0.261 e. The lowest BCUT2D eigenvalue weighted by atomic mass is 9.91. The zero-order chi connectivity index (χ0) is 48.8. The number of amides is 2. The zero-order valence-electron chi connectivity index (χ0n) is 40.4. The number of thioether (sulfide) groups is 3. The van der Waals surface area contributed by atoms with Crippen molar-refractivity contribution in [3.8, 4) is 5.69 Å². The lowest BCUT2D eigenvalue weighted by Gasteiger charge is -2.25. The molecule has 5 aromatic heterocycles. The molecule has 71 heavy (non-hydrogen) atoms. The Labute approximate surface area is 427 Å². The molecule has 0 spiro atoms. The molecule has 13 nitrogen and oxygen atoms in total. The molecule has 6 saturated carbocycles. The van der Waals surface area contributed by atoms with Gasteiger partial charge in [0.25, 0.3) is 17.4 Å². The first-order chi connectivity index (χ1) is 34.7. The van der Waals surface area contributed by atoms with Crippen LogP contribution < -0.4 is 11.3 Å². The molecule has 0 bridgehead atoms. The van der Waals surface area contributed by atoms with Crippen molar-refractivity contribution < 1.29 is 9.59 Å². The number of hydrogen-bond donors (Lipinski definition) is 1. The molecule has 2 N–H and O–H groups in total. The Balaban J connectivity index is 0.000000120. The van der Waals surface area contributed by atoms with Gasteiger partial charge in [-0.1, -0.05) is 18.2 Å². The highest BCUT2D eigenvalue weighted by molar-refractivity contribution is 7.99. The van der Waals surface area contributed by atoms with Gasteiger partial charge < -0.3 is 5.73 Å². The molecule has 1 aromatic carbocycles. The Bertz CT molecular complexity index is 2890. The summed E-state index contributed by atoms with van der Waals surface area (Å²) in [5, 5.41) is 0. The first-order valence-electron chi connectivity index (χ1n) is 25.1. The van der Waals surface area contributed by atoms with Crippen LogP contribution in [-0.4, -0.2) is 87.0 Å². The van der Waals surface area contributed by atoms with Crippen molar-refractivity contribution in [3.63, 3.8) is 0 Å². The predicted octanol–water partition coefficient (Wildman–Crippen LogP) is 8.59. The second-order valence-electron chi connectivity index (χ2n) is 20.5. The SMILES string of the molecule is CSc1cnc(C[C@@H]2C[C@@H](Cc3ccc(-n4ccccc4=O)cn3)[C@H]3C[C@@H]23)nc1.CSc1cnc(C[C@@H]2C[C@@H](N)[C@H]3C[C@@H]23)nc1.CSc1cnc(C[C@@H]2C[C@@H](N3C(=O)c4ccccc4C3=O)[C@H]3C[C@@H]23)nc1. The van der Waals surface area contributed by atoms with Crippen LogP contribution in [0.25, 0.3) is 5.69 Å². The summed E-state index contributed by atoms with van der Waals surface area (Å²) in [6.45, 7) is 0. The quantitative estimate of drug-likeness (QED) is 0.0860. The van der Waals surface area contributed by atoms with Crippen LogP contribution in [0.3, 0.4) is 0 Å². The Hall–Kier alpha value is -5.29. The Kier molecular flexibility index (Phi) is 14.0. The maximum Gasteiger partial charge on any atom is 0.261 e. The number of pyridine rings is 2. The Morgan fingerprint density at radius 3 is 1.44 bits per heavy atom. The van der Waals surface area contributed by atoms with Gasteiger partial charge >= 0.3 is 0 Å². The van der Waals surface area contributed by atoms with E-state index in [1.807, 2.05) is 86.4 Å². The third kappa shape index (κ3) is 10.4. The van der Waals surface area contributed by atoms with E-state index in [0.717, 1.165) is 112 Å². The number of rotatable bonds is 13. The van der Waals surface area contributed by atoms with Crippen LogP contribution in [0.1, 0.15) is 82.4 Å². The third-order valence-electron chi connectivity index (χ3n) is 16.5. The molecule has 0 saturated heterocycles. The number of hydrogen-bond acceptors (Lipinski definition) is 14. The number of carbonyl (C=O) groups excluding carboxylic acids is 2. The predicted molar refractivity (Wildman–Crippen MR) is 277 cm³/mol.